The third-order valence-electron chi connectivity index (χ3n) is 12.4. The molecule has 0 radical (unpaired) electrons. The van der Waals surface area contributed by atoms with Crippen LogP contribution in [-0.4, -0.2) is 0 Å². The second-order valence-corrected chi connectivity index (χ2v) is 15.6. The molecule has 13 rings (SSSR count). The van der Waals surface area contributed by atoms with E-state index in [0.717, 1.165) is 0 Å². The Labute approximate surface area is 336 Å². The summed E-state index contributed by atoms with van der Waals surface area (Å²) in [4.78, 5) is 0. The second-order valence-electron chi connectivity index (χ2n) is 15.6. The standard InChI is InChI=1S/C58H36/c1-3-13-37(14-4-1)55-47-21-7-9-23-49(47)57-39-25-27-40(28-26-39)58-50-24-10-8-22-48(50)56(38-15-5-2-6-16-38)52-32-30-46(36-54(52)58)44-20-12-18-42(34-44)41-17-11-19-43(33-41)45-29-31-51(55)53(57)35-45/h1-36H. The SMILES string of the molecule is c1ccc(-c2c3ccccc3c3c4ccc(cc4)c4c5ccccc5c(-c5ccccc5)c5ccc(cc54)c4cccc(c4)c4cccc(c4)c4ccc2c3c4)cc1. The molecule has 0 aliphatic carbocycles. The van der Waals surface area contributed by atoms with Gasteiger partial charge in [0.25, 0.3) is 0 Å². The lowest BCUT2D eigenvalue weighted by Crippen LogP contribution is -1.89. The van der Waals surface area contributed by atoms with Gasteiger partial charge < -0.3 is 0 Å². The van der Waals surface area contributed by atoms with Crippen LogP contribution in [0.3, 0.4) is 0 Å². The molecule has 0 spiro atoms. The van der Waals surface area contributed by atoms with Gasteiger partial charge in [-0.2, -0.15) is 0 Å². The molecule has 0 amide bonds. The third kappa shape index (κ3) is 5.09. The van der Waals surface area contributed by atoms with Crippen LogP contribution in [0.25, 0.3) is 119 Å². The quantitative estimate of drug-likeness (QED) is 0.155. The Morgan fingerprint density at radius 2 is 0.483 bits per heavy atom. The Bertz CT molecular complexity index is 3440. The molecular formula is C58H36. The van der Waals surface area contributed by atoms with Gasteiger partial charge >= 0.3 is 0 Å². The Hall–Kier alpha value is -7.54. The Morgan fingerprint density at radius 1 is 0.172 bits per heavy atom. The number of hydrogen-bond acceptors (Lipinski definition) is 0. The first-order valence-corrected chi connectivity index (χ1v) is 20.2. The molecule has 13 aromatic rings. The normalized spacial score (nSPS) is 11.8. The fraction of sp³-hybridized carbons (Fsp3) is 0. The van der Waals surface area contributed by atoms with Gasteiger partial charge in [-0.3, -0.25) is 0 Å². The molecule has 13 aromatic carbocycles. The number of rotatable bonds is 2. The van der Waals surface area contributed by atoms with Crippen molar-refractivity contribution in [3.8, 4) is 22.3 Å². The molecule has 268 valence electrons. The fourth-order valence-corrected chi connectivity index (χ4v) is 9.73. The summed E-state index contributed by atoms with van der Waals surface area (Å²) in [6.07, 6.45) is 0. The number of fused-ring (bicyclic) bond motifs is 4. The molecule has 0 nitrogen and oxygen atoms in total. The van der Waals surface area contributed by atoms with E-state index in [9.17, 15) is 0 Å². The summed E-state index contributed by atoms with van der Waals surface area (Å²) in [6, 6.07) is 81.4. The van der Waals surface area contributed by atoms with Crippen LogP contribution in [0.2, 0.25) is 0 Å². The van der Waals surface area contributed by atoms with E-state index in [2.05, 4.69) is 218 Å². The van der Waals surface area contributed by atoms with Crippen LogP contribution in [0.15, 0.2) is 218 Å². The molecule has 58 heavy (non-hydrogen) atoms. The van der Waals surface area contributed by atoms with E-state index in [1.165, 1.54) is 119 Å². The minimum absolute atomic E-state index is 1.21. The van der Waals surface area contributed by atoms with E-state index < -0.39 is 0 Å². The van der Waals surface area contributed by atoms with E-state index in [1.807, 2.05) is 0 Å². The van der Waals surface area contributed by atoms with E-state index in [4.69, 9.17) is 0 Å². The maximum Gasteiger partial charge on any atom is -0.00261 e. The average molecular weight is 733 g/mol. The van der Waals surface area contributed by atoms with Gasteiger partial charge in [0.15, 0.2) is 0 Å². The first-order chi connectivity index (χ1) is 28.8. The van der Waals surface area contributed by atoms with E-state index in [0.29, 0.717) is 0 Å². The minimum Gasteiger partial charge on any atom is -0.0622 e. The van der Waals surface area contributed by atoms with Crippen LogP contribution >= 0.6 is 0 Å². The van der Waals surface area contributed by atoms with Crippen molar-refractivity contribution in [3.63, 3.8) is 0 Å². The lowest BCUT2D eigenvalue weighted by Gasteiger charge is -2.16. The molecule has 0 saturated carbocycles. The van der Waals surface area contributed by atoms with Crippen molar-refractivity contribution in [2.24, 2.45) is 0 Å². The van der Waals surface area contributed by atoms with E-state index in [-0.39, 0.29) is 0 Å². The van der Waals surface area contributed by atoms with Crippen LogP contribution in [0.4, 0.5) is 0 Å². The Balaban J connectivity index is 1.33. The zero-order valence-electron chi connectivity index (χ0n) is 31.8. The first-order valence-electron chi connectivity index (χ1n) is 20.2. The molecule has 10 bridgehead atoms. The highest BCUT2D eigenvalue weighted by Gasteiger charge is 2.16. The molecule has 0 fully saturated rings. The summed E-state index contributed by atoms with van der Waals surface area (Å²) in [7, 11) is 0. The topological polar surface area (TPSA) is 0 Å². The molecule has 0 N–H and O–H groups in total. The van der Waals surface area contributed by atoms with Gasteiger partial charge in [-0.15, -0.1) is 0 Å². The lowest BCUT2D eigenvalue weighted by molar-refractivity contribution is 1.68. The zero-order chi connectivity index (χ0) is 38.2. The summed E-state index contributed by atoms with van der Waals surface area (Å²) in [5, 5.41) is 22.2. The van der Waals surface area contributed by atoms with Gasteiger partial charge in [0.1, 0.15) is 0 Å². The predicted molar refractivity (Wildman–Crippen MR) is 252 cm³/mol. The van der Waals surface area contributed by atoms with Crippen molar-refractivity contribution in [3.05, 3.63) is 218 Å². The molecule has 0 heterocycles. The lowest BCUT2D eigenvalue weighted by atomic mass is 9.87. The maximum atomic E-state index is 2.43. The summed E-state index contributed by atoms with van der Waals surface area (Å²) in [5.74, 6) is 0. The van der Waals surface area contributed by atoms with Gasteiger partial charge in [-0.1, -0.05) is 194 Å². The van der Waals surface area contributed by atoms with E-state index >= 15 is 0 Å². The number of hydrogen-bond donors (Lipinski definition) is 0. The summed E-state index contributed by atoms with van der Waals surface area (Å²) in [5.41, 5.74) is 5.01. The van der Waals surface area contributed by atoms with Gasteiger partial charge in [0.05, 0.1) is 0 Å². The number of benzene rings is 11. The first kappa shape index (κ1) is 32.7. The van der Waals surface area contributed by atoms with Gasteiger partial charge in [-0.05, 0) is 143 Å². The highest BCUT2D eigenvalue weighted by Crippen LogP contribution is 2.44. The van der Waals surface area contributed by atoms with Crippen LogP contribution in [0.5, 0.6) is 0 Å². The highest BCUT2D eigenvalue weighted by atomic mass is 14.2. The zero-order valence-corrected chi connectivity index (χ0v) is 31.8. The van der Waals surface area contributed by atoms with Gasteiger partial charge in [-0.25, -0.2) is 0 Å². The van der Waals surface area contributed by atoms with Crippen molar-refractivity contribution in [2.75, 3.05) is 0 Å². The maximum absolute atomic E-state index is 2.43. The van der Waals surface area contributed by atoms with Crippen molar-refractivity contribution in [1.29, 1.82) is 0 Å². The molecule has 0 heteroatoms. The van der Waals surface area contributed by atoms with Crippen LogP contribution in [0.1, 0.15) is 0 Å². The van der Waals surface area contributed by atoms with Crippen molar-refractivity contribution in [2.45, 2.75) is 0 Å². The van der Waals surface area contributed by atoms with Crippen molar-refractivity contribution < 1.29 is 0 Å². The van der Waals surface area contributed by atoms with Crippen molar-refractivity contribution >= 4 is 97.0 Å². The van der Waals surface area contributed by atoms with E-state index in [1.54, 1.807) is 0 Å². The summed E-state index contributed by atoms with van der Waals surface area (Å²) >= 11 is 0. The second kappa shape index (κ2) is 13.0. The van der Waals surface area contributed by atoms with Crippen molar-refractivity contribution in [1.82, 2.24) is 0 Å². The average Bonchev–Trinajstić information content (AvgIpc) is 3.30. The molecule has 0 aliphatic heterocycles. The summed E-state index contributed by atoms with van der Waals surface area (Å²) in [6.45, 7) is 0. The van der Waals surface area contributed by atoms with Crippen LogP contribution < -0.4 is 0 Å². The molecule has 0 aromatic heterocycles. The monoisotopic (exact) mass is 732 g/mol. The molecule has 0 saturated heterocycles. The molecular weight excluding hydrogens is 697 g/mol. The van der Waals surface area contributed by atoms with Gasteiger partial charge in [0.2, 0.25) is 0 Å². The van der Waals surface area contributed by atoms with Crippen LogP contribution in [0, 0.1) is 0 Å². The highest BCUT2D eigenvalue weighted by molar-refractivity contribution is 6.30. The molecule has 0 unspecified atom stereocenters. The largest absolute Gasteiger partial charge is 0.0622 e. The predicted octanol–water partition coefficient (Wildman–Crippen LogP) is 16.5. The minimum atomic E-state index is 1.21. The van der Waals surface area contributed by atoms with Crippen LogP contribution in [-0.2, 0) is 0 Å². The Morgan fingerprint density at radius 3 is 0.879 bits per heavy atom. The fourth-order valence-electron chi connectivity index (χ4n) is 9.73. The summed E-state index contributed by atoms with van der Waals surface area (Å²) < 4.78 is 0. The molecule has 0 aliphatic rings. The van der Waals surface area contributed by atoms with Gasteiger partial charge in [0, 0.05) is 0 Å². The Kier molecular flexibility index (Phi) is 7.33. The third-order valence-corrected chi connectivity index (χ3v) is 12.4. The smallest absolute Gasteiger partial charge is 0.00261 e. The molecule has 0 atom stereocenters.